The lowest BCUT2D eigenvalue weighted by Gasteiger charge is -2.05. The minimum Gasteiger partial charge on any atom is -0.345 e. The molecule has 3 heterocycles. The molecule has 0 spiro atoms. The fraction of sp³-hybridized carbons (Fsp3) is 0.0500. The highest BCUT2D eigenvalue weighted by Crippen LogP contribution is 2.28. The molecule has 4 rings (SSSR count). The van der Waals surface area contributed by atoms with Gasteiger partial charge >= 0.3 is 0 Å². The molecule has 1 aromatic carbocycles. The second kappa shape index (κ2) is 7.51. The van der Waals surface area contributed by atoms with Crippen molar-refractivity contribution in [2.45, 2.75) is 6.54 Å². The summed E-state index contributed by atoms with van der Waals surface area (Å²) in [5.41, 5.74) is 2.52. The quantitative estimate of drug-likeness (QED) is 0.570. The maximum absolute atomic E-state index is 13.3. The van der Waals surface area contributed by atoms with E-state index in [9.17, 15) is 9.18 Å². The number of benzene rings is 1. The fourth-order valence-corrected chi connectivity index (χ4v) is 3.36. The molecule has 4 aromatic rings. The molecule has 1 N–H and O–H groups in total. The second-order valence-corrected chi connectivity index (χ2v) is 6.73. The summed E-state index contributed by atoms with van der Waals surface area (Å²) < 4.78 is 14.9. The third kappa shape index (κ3) is 3.78. The number of halogens is 1. The van der Waals surface area contributed by atoms with Gasteiger partial charge in [0.2, 0.25) is 0 Å². The molecule has 5 nitrogen and oxygen atoms in total. The Hall–Kier alpha value is -3.32. The molecule has 0 bridgehead atoms. The first-order valence-corrected chi connectivity index (χ1v) is 9.17. The molecule has 27 heavy (non-hydrogen) atoms. The van der Waals surface area contributed by atoms with Crippen LogP contribution in [0, 0.1) is 5.82 Å². The van der Waals surface area contributed by atoms with E-state index in [1.54, 1.807) is 40.4 Å². The number of hydrogen-bond donors (Lipinski definition) is 1. The van der Waals surface area contributed by atoms with Crippen molar-refractivity contribution in [2.24, 2.45) is 0 Å². The summed E-state index contributed by atoms with van der Waals surface area (Å²) in [6.45, 7) is 0.317. The Balaban J connectivity index is 1.64. The zero-order valence-corrected chi connectivity index (χ0v) is 15.0. The van der Waals surface area contributed by atoms with Gasteiger partial charge in [0, 0.05) is 6.20 Å². The van der Waals surface area contributed by atoms with Crippen LogP contribution in [0.5, 0.6) is 0 Å². The predicted octanol–water partition coefficient (Wildman–Crippen LogP) is 4.06. The largest absolute Gasteiger partial charge is 0.345 e. The molecular weight excluding hydrogens is 363 g/mol. The summed E-state index contributed by atoms with van der Waals surface area (Å²) in [6, 6.07) is 17.2. The number of nitrogens with one attached hydrogen (secondary N) is 1. The Bertz CT molecular complexity index is 1040. The summed E-state index contributed by atoms with van der Waals surface area (Å²) in [6.07, 6.45) is 1.68. The number of nitrogens with zero attached hydrogens (tertiary/aromatic N) is 3. The van der Waals surface area contributed by atoms with Crippen LogP contribution in [0.2, 0.25) is 0 Å². The van der Waals surface area contributed by atoms with Crippen molar-refractivity contribution in [2.75, 3.05) is 0 Å². The van der Waals surface area contributed by atoms with E-state index in [0.29, 0.717) is 17.9 Å². The maximum Gasteiger partial charge on any atom is 0.272 e. The molecule has 3 aromatic heterocycles. The Morgan fingerprint density at radius 1 is 1.11 bits per heavy atom. The molecule has 0 fully saturated rings. The van der Waals surface area contributed by atoms with Crippen molar-refractivity contribution in [3.63, 3.8) is 0 Å². The molecule has 0 aliphatic carbocycles. The summed E-state index contributed by atoms with van der Waals surface area (Å²) in [5.74, 6) is -0.615. The highest BCUT2D eigenvalue weighted by atomic mass is 32.1. The Morgan fingerprint density at radius 2 is 1.96 bits per heavy atom. The molecule has 0 aliphatic rings. The van der Waals surface area contributed by atoms with Crippen LogP contribution < -0.4 is 5.32 Å². The number of carbonyl (C=O) groups excluding carboxylic acids is 1. The Labute approximate surface area is 159 Å². The lowest BCUT2D eigenvalue weighted by Crippen LogP contribution is -2.23. The van der Waals surface area contributed by atoms with Crippen LogP contribution in [0.25, 0.3) is 16.3 Å². The van der Waals surface area contributed by atoms with E-state index < -0.39 is 0 Å². The first-order valence-electron chi connectivity index (χ1n) is 8.29. The predicted molar refractivity (Wildman–Crippen MR) is 102 cm³/mol. The van der Waals surface area contributed by atoms with E-state index in [-0.39, 0.29) is 11.7 Å². The van der Waals surface area contributed by atoms with Crippen molar-refractivity contribution in [1.82, 2.24) is 20.1 Å². The van der Waals surface area contributed by atoms with E-state index in [1.165, 1.54) is 12.1 Å². The van der Waals surface area contributed by atoms with Gasteiger partial charge < -0.3 is 5.32 Å². The van der Waals surface area contributed by atoms with E-state index in [0.717, 1.165) is 16.3 Å². The number of rotatable bonds is 5. The first-order chi connectivity index (χ1) is 13.2. The van der Waals surface area contributed by atoms with Gasteiger partial charge in [0.15, 0.2) is 5.69 Å². The van der Waals surface area contributed by atoms with Crippen LogP contribution in [0.4, 0.5) is 4.39 Å². The van der Waals surface area contributed by atoms with Crippen LogP contribution in [-0.2, 0) is 6.54 Å². The molecule has 134 valence electrons. The lowest BCUT2D eigenvalue weighted by molar-refractivity contribution is 0.0945. The van der Waals surface area contributed by atoms with E-state index in [1.807, 2.05) is 35.7 Å². The minimum absolute atomic E-state index is 0.290. The molecule has 0 aliphatic heterocycles. The number of pyridine rings is 1. The van der Waals surface area contributed by atoms with Gasteiger partial charge in [-0.05, 0) is 53.9 Å². The van der Waals surface area contributed by atoms with Gasteiger partial charge in [-0.15, -0.1) is 11.3 Å². The van der Waals surface area contributed by atoms with Crippen molar-refractivity contribution in [3.05, 3.63) is 89.4 Å². The average molecular weight is 378 g/mol. The summed E-state index contributed by atoms with van der Waals surface area (Å²) >= 11 is 1.55. The Kier molecular flexibility index (Phi) is 4.76. The van der Waals surface area contributed by atoms with Crippen LogP contribution in [0.1, 0.15) is 16.2 Å². The monoisotopic (exact) mass is 378 g/mol. The van der Waals surface area contributed by atoms with Crippen molar-refractivity contribution >= 4 is 17.2 Å². The van der Waals surface area contributed by atoms with Crippen molar-refractivity contribution in [1.29, 1.82) is 0 Å². The third-order valence-corrected chi connectivity index (χ3v) is 4.84. The van der Waals surface area contributed by atoms with Gasteiger partial charge in [0.25, 0.3) is 5.91 Å². The summed E-state index contributed by atoms with van der Waals surface area (Å²) in [4.78, 5) is 17.7. The molecule has 0 unspecified atom stereocenters. The van der Waals surface area contributed by atoms with Crippen LogP contribution in [0.3, 0.4) is 0 Å². The molecule has 0 atom stereocenters. The number of aromatic nitrogens is 3. The number of thiophene rings is 1. The second-order valence-electron chi connectivity index (χ2n) is 5.78. The molecule has 0 radical (unpaired) electrons. The van der Waals surface area contributed by atoms with Gasteiger partial charge in [0.05, 0.1) is 28.5 Å². The van der Waals surface area contributed by atoms with Crippen LogP contribution in [-0.4, -0.2) is 20.7 Å². The minimum atomic E-state index is -0.322. The molecule has 0 saturated carbocycles. The molecular formula is C20H15FN4OS. The smallest absolute Gasteiger partial charge is 0.272 e. The van der Waals surface area contributed by atoms with Gasteiger partial charge in [-0.3, -0.25) is 9.78 Å². The van der Waals surface area contributed by atoms with Crippen molar-refractivity contribution in [3.8, 4) is 16.3 Å². The average Bonchev–Trinajstić information content (AvgIpc) is 3.37. The zero-order valence-electron chi connectivity index (χ0n) is 14.2. The molecule has 7 heteroatoms. The number of hydrogen-bond acceptors (Lipinski definition) is 4. The summed E-state index contributed by atoms with van der Waals surface area (Å²) in [5, 5.41) is 9.23. The fourth-order valence-electron chi connectivity index (χ4n) is 2.64. The molecule has 0 saturated heterocycles. The van der Waals surface area contributed by atoms with Crippen LogP contribution >= 0.6 is 11.3 Å². The van der Waals surface area contributed by atoms with E-state index in [4.69, 9.17) is 0 Å². The van der Waals surface area contributed by atoms with Gasteiger partial charge in [-0.1, -0.05) is 12.1 Å². The highest BCUT2D eigenvalue weighted by Gasteiger charge is 2.17. The third-order valence-electron chi connectivity index (χ3n) is 3.94. The van der Waals surface area contributed by atoms with Gasteiger partial charge in [0.1, 0.15) is 5.82 Å². The first kappa shape index (κ1) is 17.1. The lowest BCUT2D eigenvalue weighted by atomic mass is 10.2. The van der Waals surface area contributed by atoms with Gasteiger partial charge in [-0.25, -0.2) is 9.07 Å². The summed E-state index contributed by atoms with van der Waals surface area (Å²) in [7, 11) is 0. The maximum atomic E-state index is 13.3. The van der Waals surface area contributed by atoms with Crippen LogP contribution in [0.15, 0.2) is 72.2 Å². The normalized spacial score (nSPS) is 10.7. The standard InChI is InChI=1S/C20H15FN4OS/c21-14-6-8-16(9-7-14)25-18(19-5-3-11-27-19)12-17(24-25)20(26)23-13-15-4-1-2-10-22-15/h1-12H,13H2,(H,23,26). The Morgan fingerprint density at radius 3 is 2.67 bits per heavy atom. The van der Waals surface area contributed by atoms with E-state index >= 15 is 0 Å². The number of amides is 1. The zero-order chi connectivity index (χ0) is 18.6. The topological polar surface area (TPSA) is 59.8 Å². The number of carbonyl (C=O) groups is 1. The van der Waals surface area contributed by atoms with Gasteiger partial charge in [-0.2, -0.15) is 5.10 Å². The van der Waals surface area contributed by atoms with E-state index in [2.05, 4.69) is 15.4 Å². The van der Waals surface area contributed by atoms with Crippen molar-refractivity contribution < 1.29 is 9.18 Å². The SMILES string of the molecule is O=C(NCc1ccccn1)c1cc(-c2cccs2)n(-c2ccc(F)cc2)n1. The highest BCUT2D eigenvalue weighted by molar-refractivity contribution is 7.13. The molecule has 1 amide bonds.